The highest BCUT2D eigenvalue weighted by Gasteiger charge is 2.22. The van der Waals surface area contributed by atoms with Crippen LogP contribution in [0.4, 0.5) is 14.5 Å². The molecule has 0 spiro atoms. The highest BCUT2D eigenvalue weighted by molar-refractivity contribution is 6.03. The summed E-state index contributed by atoms with van der Waals surface area (Å²) in [5.41, 5.74) is 5.80. The van der Waals surface area contributed by atoms with Crippen molar-refractivity contribution < 1.29 is 23.2 Å². The van der Waals surface area contributed by atoms with E-state index in [4.69, 9.17) is 5.73 Å². The first-order valence-corrected chi connectivity index (χ1v) is 8.87. The maximum atomic E-state index is 13.8. The Morgan fingerprint density at radius 2 is 1.79 bits per heavy atom. The van der Waals surface area contributed by atoms with Crippen molar-refractivity contribution in [1.82, 2.24) is 5.01 Å². The molecule has 1 aliphatic rings. The third kappa shape index (κ3) is 4.81. The van der Waals surface area contributed by atoms with Crippen LogP contribution in [0.1, 0.15) is 35.2 Å². The minimum atomic E-state index is -1.12. The van der Waals surface area contributed by atoms with E-state index in [1.807, 2.05) is 30.3 Å². The van der Waals surface area contributed by atoms with Gasteiger partial charge in [-0.1, -0.05) is 30.3 Å². The van der Waals surface area contributed by atoms with Crippen molar-refractivity contribution in [3.8, 4) is 0 Å². The first-order valence-electron chi connectivity index (χ1n) is 8.87. The molecule has 1 heterocycles. The molecule has 7 nitrogen and oxygen atoms in total. The molecule has 0 aromatic heterocycles. The molecule has 3 amide bonds. The van der Waals surface area contributed by atoms with Gasteiger partial charge in [0.1, 0.15) is 11.6 Å². The van der Waals surface area contributed by atoms with Gasteiger partial charge in [0.15, 0.2) is 0 Å². The summed E-state index contributed by atoms with van der Waals surface area (Å²) in [6.07, 6.45) is 0.246. The van der Waals surface area contributed by atoms with Crippen LogP contribution in [-0.4, -0.2) is 35.0 Å². The average Bonchev–Trinajstić information content (AvgIpc) is 3.19. The van der Waals surface area contributed by atoms with Crippen LogP contribution in [0.3, 0.4) is 0 Å². The highest BCUT2D eigenvalue weighted by Crippen LogP contribution is 2.20. The molecule has 3 rings (SSSR count). The van der Waals surface area contributed by atoms with E-state index in [0.717, 1.165) is 17.3 Å². The fourth-order valence-corrected chi connectivity index (χ4v) is 2.87. The van der Waals surface area contributed by atoms with E-state index in [9.17, 15) is 23.2 Å². The summed E-state index contributed by atoms with van der Waals surface area (Å²) in [7, 11) is 0. The number of hydrogen-bond acceptors (Lipinski definition) is 4. The highest BCUT2D eigenvalue weighted by atomic mass is 19.1. The lowest BCUT2D eigenvalue weighted by atomic mass is 10.1. The van der Waals surface area contributed by atoms with Gasteiger partial charge in [-0.3, -0.25) is 14.4 Å². The van der Waals surface area contributed by atoms with Gasteiger partial charge in [-0.2, -0.15) is 5.10 Å². The van der Waals surface area contributed by atoms with Crippen LogP contribution < -0.4 is 11.1 Å². The predicted octanol–water partition coefficient (Wildman–Crippen LogP) is 2.42. The van der Waals surface area contributed by atoms with Gasteiger partial charge in [0.25, 0.3) is 5.91 Å². The Hall–Kier alpha value is -3.62. The van der Waals surface area contributed by atoms with Crippen molar-refractivity contribution in [2.45, 2.75) is 19.3 Å². The molecule has 3 N–H and O–H groups in total. The van der Waals surface area contributed by atoms with Crippen LogP contribution in [0, 0.1) is 11.6 Å². The Labute approximate surface area is 165 Å². The van der Waals surface area contributed by atoms with Gasteiger partial charge in [-0.05, 0) is 11.6 Å². The van der Waals surface area contributed by atoms with Gasteiger partial charge in [-0.25, -0.2) is 13.8 Å². The summed E-state index contributed by atoms with van der Waals surface area (Å²) in [6, 6.07) is 10.7. The van der Waals surface area contributed by atoms with Crippen molar-refractivity contribution >= 4 is 29.1 Å². The van der Waals surface area contributed by atoms with Crippen LogP contribution in [0.25, 0.3) is 0 Å². The molecular formula is C20H18F2N4O3. The Balaban J connectivity index is 1.57. The monoisotopic (exact) mass is 400 g/mol. The van der Waals surface area contributed by atoms with E-state index < -0.39 is 29.0 Å². The molecule has 0 bridgehead atoms. The molecular weight excluding hydrogens is 382 g/mol. The van der Waals surface area contributed by atoms with Gasteiger partial charge < -0.3 is 11.1 Å². The van der Waals surface area contributed by atoms with Gasteiger partial charge in [0.05, 0.1) is 23.5 Å². The summed E-state index contributed by atoms with van der Waals surface area (Å²) in [5.74, 6) is -4.27. The van der Waals surface area contributed by atoms with Gasteiger partial charge in [-0.15, -0.1) is 0 Å². The van der Waals surface area contributed by atoms with Crippen LogP contribution in [0.2, 0.25) is 0 Å². The van der Waals surface area contributed by atoms with Crippen molar-refractivity contribution in [2.75, 3.05) is 11.9 Å². The summed E-state index contributed by atoms with van der Waals surface area (Å²) < 4.78 is 27.3. The zero-order valence-corrected chi connectivity index (χ0v) is 15.3. The first-order chi connectivity index (χ1) is 13.8. The van der Waals surface area contributed by atoms with E-state index in [1.165, 1.54) is 5.01 Å². The number of anilines is 1. The topological polar surface area (TPSA) is 105 Å². The normalized spacial score (nSPS) is 13.2. The predicted molar refractivity (Wildman–Crippen MR) is 102 cm³/mol. The van der Waals surface area contributed by atoms with Gasteiger partial charge >= 0.3 is 0 Å². The number of hydrazone groups is 1. The molecule has 1 aliphatic heterocycles. The molecule has 0 radical (unpaired) electrons. The van der Waals surface area contributed by atoms with Crippen molar-refractivity contribution in [3.05, 3.63) is 65.2 Å². The van der Waals surface area contributed by atoms with E-state index in [1.54, 1.807) is 0 Å². The minimum absolute atomic E-state index is 0.136. The van der Waals surface area contributed by atoms with Crippen molar-refractivity contribution in [2.24, 2.45) is 10.8 Å². The number of benzene rings is 2. The number of amides is 3. The molecule has 150 valence electrons. The molecule has 2 aromatic carbocycles. The summed E-state index contributed by atoms with van der Waals surface area (Å²) in [6.45, 7) is 0.416. The van der Waals surface area contributed by atoms with Crippen molar-refractivity contribution in [3.63, 3.8) is 0 Å². The Morgan fingerprint density at radius 3 is 2.48 bits per heavy atom. The zero-order valence-electron chi connectivity index (χ0n) is 15.3. The van der Waals surface area contributed by atoms with E-state index in [-0.39, 0.29) is 24.4 Å². The number of nitrogens with two attached hydrogens (primary N) is 1. The standard InChI is InChI=1S/C20H18F2N4O3/c21-14-11-15(22)17(10-13(14)20(23)29)24-18(27)6-7-19(28)26-9-8-16(25-26)12-4-2-1-3-5-12/h1-5,10-11H,6-9H2,(H2,23,29)(H,24,27). The number of hydrogen-bond donors (Lipinski definition) is 2. The number of carbonyl (C=O) groups is 3. The van der Waals surface area contributed by atoms with E-state index in [2.05, 4.69) is 10.4 Å². The summed E-state index contributed by atoms with van der Waals surface area (Å²) in [5, 5.41) is 7.81. The Kier molecular flexibility index (Phi) is 5.96. The number of nitrogens with one attached hydrogen (secondary N) is 1. The lowest BCUT2D eigenvalue weighted by Gasteiger charge is -2.12. The molecule has 0 unspecified atom stereocenters. The summed E-state index contributed by atoms with van der Waals surface area (Å²) >= 11 is 0. The Bertz CT molecular complexity index is 993. The molecule has 9 heteroatoms. The number of halogens is 2. The van der Waals surface area contributed by atoms with Gasteiger partial charge in [0.2, 0.25) is 11.8 Å². The molecule has 0 saturated carbocycles. The first kappa shape index (κ1) is 20.1. The number of primary amides is 1. The van der Waals surface area contributed by atoms with Crippen LogP contribution in [0.5, 0.6) is 0 Å². The van der Waals surface area contributed by atoms with Crippen LogP contribution in [0.15, 0.2) is 47.6 Å². The maximum Gasteiger partial charge on any atom is 0.251 e. The third-order valence-corrected chi connectivity index (χ3v) is 4.36. The van der Waals surface area contributed by atoms with Crippen LogP contribution >= 0.6 is 0 Å². The zero-order chi connectivity index (χ0) is 21.0. The molecule has 29 heavy (non-hydrogen) atoms. The lowest BCUT2D eigenvalue weighted by molar-refractivity contribution is -0.132. The smallest absolute Gasteiger partial charge is 0.251 e. The number of nitrogens with zero attached hydrogens (tertiary/aromatic N) is 2. The molecule has 0 fully saturated rings. The number of carbonyl (C=O) groups excluding carboxylic acids is 3. The van der Waals surface area contributed by atoms with E-state index in [0.29, 0.717) is 19.0 Å². The second-order valence-electron chi connectivity index (χ2n) is 6.40. The largest absolute Gasteiger partial charge is 0.366 e. The molecule has 0 atom stereocenters. The third-order valence-electron chi connectivity index (χ3n) is 4.36. The second-order valence-corrected chi connectivity index (χ2v) is 6.40. The molecule has 0 aliphatic carbocycles. The minimum Gasteiger partial charge on any atom is -0.366 e. The number of rotatable bonds is 6. The van der Waals surface area contributed by atoms with Crippen LogP contribution in [-0.2, 0) is 9.59 Å². The fourth-order valence-electron chi connectivity index (χ4n) is 2.87. The molecule has 0 saturated heterocycles. The lowest BCUT2D eigenvalue weighted by Crippen LogP contribution is -2.25. The van der Waals surface area contributed by atoms with Crippen molar-refractivity contribution in [1.29, 1.82) is 0 Å². The van der Waals surface area contributed by atoms with Gasteiger partial charge in [0, 0.05) is 25.3 Å². The van der Waals surface area contributed by atoms with E-state index >= 15 is 0 Å². The fraction of sp³-hybridized carbons (Fsp3) is 0.200. The summed E-state index contributed by atoms with van der Waals surface area (Å²) in [4.78, 5) is 35.5. The second kappa shape index (κ2) is 8.59. The Morgan fingerprint density at radius 1 is 1.07 bits per heavy atom. The maximum absolute atomic E-state index is 13.8. The SMILES string of the molecule is NC(=O)c1cc(NC(=O)CCC(=O)N2CCC(c3ccccc3)=N2)c(F)cc1F. The molecule has 2 aromatic rings. The average molecular weight is 400 g/mol. The quantitative estimate of drug-likeness (QED) is 0.778.